The van der Waals surface area contributed by atoms with Gasteiger partial charge < -0.3 is 49.6 Å². The predicted molar refractivity (Wildman–Crippen MR) is 132 cm³/mol. The summed E-state index contributed by atoms with van der Waals surface area (Å²) in [6.07, 6.45) is 4.00. The van der Waals surface area contributed by atoms with Gasteiger partial charge in [0.15, 0.2) is 6.29 Å². The molecule has 9 atom stereocenters. The molecule has 2 aliphatic rings. The molecule has 0 aromatic carbocycles. The first kappa shape index (κ1) is 31.8. The Kier molecular flexibility index (Phi) is 15.9. The number of aliphatic hydroxyl groups excluding tert-OH is 6. The standard InChI is InChI=1S/C26H50O10/c1-2-3-4-5-6-7-8-9-10-11-12-13-14-33-25-21(31)20(16-28)35-26(22(25)32)36-24-19(30)17-34-23(24)18(29)15-27/h18-32H,2-17H2,1H3/t18-,19+,20-,21+,22-,23+,24-,25+,26+/m1/s1. The van der Waals surface area contributed by atoms with E-state index >= 15 is 0 Å². The first-order chi connectivity index (χ1) is 17.4. The molecule has 2 rings (SSSR count). The van der Waals surface area contributed by atoms with Crippen molar-refractivity contribution in [1.29, 1.82) is 0 Å². The summed E-state index contributed by atoms with van der Waals surface area (Å²) in [6, 6.07) is 0. The minimum atomic E-state index is -1.39. The largest absolute Gasteiger partial charge is 0.394 e. The Labute approximate surface area is 215 Å². The molecule has 10 heteroatoms. The highest BCUT2D eigenvalue weighted by Gasteiger charge is 2.49. The monoisotopic (exact) mass is 522 g/mol. The maximum Gasteiger partial charge on any atom is 0.187 e. The van der Waals surface area contributed by atoms with Gasteiger partial charge in [0.2, 0.25) is 0 Å². The van der Waals surface area contributed by atoms with E-state index in [2.05, 4.69) is 6.92 Å². The van der Waals surface area contributed by atoms with Crippen LogP contribution in [0.5, 0.6) is 0 Å². The highest BCUT2D eigenvalue weighted by atomic mass is 16.7. The predicted octanol–water partition coefficient (Wildman–Crippen LogP) is 1.01. The Morgan fingerprint density at radius 3 is 1.94 bits per heavy atom. The fourth-order valence-corrected chi connectivity index (χ4v) is 4.90. The molecule has 0 bridgehead atoms. The third-order valence-electron chi connectivity index (χ3n) is 7.15. The van der Waals surface area contributed by atoms with E-state index < -0.39 is 68.3 Å². The van der Waals surface area contributed by atoms with Gasteiger partial charge in [-0.25, -0.2) is 0 Å². The second-order valence-corrected chi connectivity index (χ2v) is 10.1. The minimum absolute atomic E-state index is 0.111. The molecule has 6 N–H and O–H groups in total. The molecular weight excluding hydrogens is 472 g/mol. The number of aliphatic hydroxyl groups is 6. The van der Waals surface area contributed by atoms with Crippen molar-refractivity contribution < 1.29 is 49.6 Å². The first-order valence-corrected chi connectivity index (χ1v) is 13.9. The number of rotatable bonds is 19. The lowest BCUT2D eigenvalue weighted by Crippen LogP contribution is -2.61. The Bertz CT molecular complexity index is 553. The highest BCUT2D eigenvalue weighted by Crippen LogP contribution is 2.29. The fraction of sp³-hybridized carbons (Fsp3) is 1.00. The maximum absolute atomic E-state index is 10.8. The number of unbranched alkanes of at least 4 members (excludes halogenated alkanes) is 11. The quantitative estimate of drug-likeness (QED) is 0.135. The summed E-state index contributed by atoms with van der Waals surface area (Å²) in [6.45, 7) is 1.35. The molecule has 2 heterocycles. The van der Waals surface area contributed by atoms with Crippen molar-refractivity contribution in [2.75, 3.05) is 26.4 Å². The van der Waals surface area contributed by atoms with Crippen LogP contribution in [0.2, 0.25) is 0 Å². The molecule has 2 aliphatic heterocycles. The Morgan fingerprint density at radius 2 is 1.39 bits per heavy atom. The smallest absolute Gasteiger partial charge is 0.187 e. The Morgan fingerprint density at radius 1 is 0.806 bits per heavy atom. The third-order valence-corrected chi connectivity index (χ3v) is 7.15. The molecule has 2 fully saturated rings. The summed E-state index contributed by atoms with van der Waals surface area (Å²) in [5.74, 6) is 0. The van der Waals surface area contributed by atoms with E-state index in [1.54, 1.807) is 0 Å². The van der Waals surface area contributed by atoms with E-state index in [0.29, 0.717) is 6.61 Å². The van der Waals surface area contributed by atoms with Crippen molar-refractivity contribution in [2.24, 2.45) is 0 Å². The van der Waals surface area contributed by atoms with Gasteiger partial charge in [-0.3, -0.25) is 0 Å². The van der Waals surface area contributed by atoms with E-state index in [4.69, 9.17) is 18.9 Å². The molecule has 2 saturated heterocycles. The molecule has 0 radical (unpaired) electrons. The number of ether oxygens (including phenoxy) is 4. The van der Waals surface area contributed by atoms with E-state index in [1.165, 1.54) is 57.8 Å². The van der Waals surface area contributed by atoms with Crippen LogP contribution in [0.1, 0.15) is 84.0 Å². The van der Waals surface area contributed by atoms with Gasteiger partial charge in [0, 0.05) is 6.61 Å². The Hall–Kier alpha value is -0.400. The van der Waals surface area contributed by atoms with Crippen LogP contribution >= 0.6 is 0 Å². The lowest BCUT2D eigenvalue weighted by Gasteiger charge is -2.43. The van der Waals surface area contributed by atoms with Crippen molar-refractivity contribution >= 4 is 0 Å². The second kappa shape index (κ2) is 18.0. The normalized spacial score (nSPS) is 33.8. The SMILES string of the molecule is CCCCCCCCCCCCCCO[C@H]1[C@@H](O)[C@@H](CO)O[C@@H](O[C@H]2[C@H]([C@H](O)CO)OC[C@@H]2O)[C@@H]1O. The average molecular weight is 523 g/mol. The van der Waals surface area contributed by atoms with Crippen LogP contribution < -0.4 is 0 Å². The molecule has 0 aromatic heterocycles. The van der Waals surface area contributed by atoms with Crippen molar-refractivity contribution in [3.63, 3.8) is 0 Å². The van der Waals surface area contributed by atoms with Gasteiger partial charge in [0.05, 0.1) is 19.8 Å². The van der Waals surface area contributed by atoms with Crippen molar-refractivity contribution in [1.82, 2.24) is 0 Å². The molecule has 10 nitrogen and oxygen atoms in total. The van der Waals surface area contributed by atoms with Crippen LogP contribution in [0.25, 0.3) is 0 Å². The molecule has 0 unspecified atom stereocenters. The van der Waals surface area contributed by atoms with Gasteiger partial charge in [-0.1, -0.05) is 77.6 Å². The van der Waals surface area contributed by atoms with Crippen LogP contribution in [-0.2, 0) is 18.9 Å². The molecule has 36 heavy (non-hydrogen) atoms. The van der Waals surface area contributed by atoms with Gasteiger partial charge in [0.25, 0.3) is 0 Å². The molecule has 0 amide bonds. The summed E-state index contributed by atoms with van der Waals surface area (Å²) < 4.78 is 22.3. The van der Waals surface area contributed by atoms with Crippen molar-refractivity contribution in [2.45, 2.75) is 139 Å². The van der Waals surface area contributed by atoms with Gasteiger partial charge in [0.1, 0.15) is 48.8 Å². The number of hydrogen-bond acceptors (Lipinski definition) is 10. The Balaban J connectivity index is 1.70. The molecule has 0 aliphatic carbocycles. The summed E-state index contributed by atoms with van der Waals surface area (Å²) in [4.78, 5) is 0. The zero-order valence-corrected chi connectivity index (χ0v) is 21.8. The van der Waals surface area contributed by atoms with Crippen LogP contribution in [0.15, 0.2) is 0 Å². The van der Waals surface area contributed by atoms with Gasteiger partial charge in [-0.2, -0.15) is 0 Å². The molecule has 0 spiro atoms. The van der Waals surface area contributed by atoms with Crippen LogP contribution in [-0.4, -0.2) is 112 Å². The lowest BCUT2D eigenvalue weighted by molar-refractivity contribution is -0.324. The van der Waals surface area contributed by atoms with E-state index in [-0.39, 0.29) is 6.61 Å². The maximum atomic E-state index is 10.8. The zero-order chi connectivity index (χ0) is 26.3. The van der Waals surface area contributed by atoms with Crippen molar-refractivity contribution in [3.05, 3.63) is 0 Å². The molecule has 0 saturated carbocycles. The lowest BCUT2D eigenvalue weighted by atomic mass is 9.98. The topological polar surface area (TPSA) is 158 Å². The van der Waals surface area contributed by atoms with E-state index in [0.717, 1.165) is 19.3 Å². The van der Waals surface area contributed by atoms with Gasteiger partial charge >= 0.3 is 0 Å². The van der Waals surface area contributed by atoms with Crippen LogP contribution in [0.3, 0.4) is 0 Å². The molecule has 214 valence electrons. The average Bonchev–Trinajstić information content (AvgIpc) is 3.24. The van der Waals surface area contributed by atoms with E-state index in [1.807, 2.05) is 0 Å². The molecular formula is C26H50O10. The first-order valence-electron chi connectivity index (χ1n) is 13.9. The van der Waals surface area contributed by atoms with Gasteiger partial charge in [-0.05, 0) is 6.42 Å². The number of hydrogen-bond donors (Lipinski definition) is 6. The fourth-order valence-electron chi connectivity index (χ4n) is 4.90. The molecule has 0 aromatic rings. The van der Waals surface area contributed by atoms with Crippen LogP contribution in [0.4, 0.5) is 0 Å². The third kappa shape index (κ3) is 10.1. The highest BCUT2D eigenvalue weighted by molar-refractivity contribution is 4.94. The van der Waals surface area contributed by atoms with Crippen molar-refractivity contribution in [3.8, 4) is 0 Å². The summed E-state index contributed by atoms with van der Waals surface area (Å²) in [7, 11) is 0. The van der Waals surface area contributed by atoms with Gasteiger partial charge in [-0.15, -0.1) is 0 Å². The second-order valence-electron chi connectivity index (χ2n) is 10.1. The zero-order valence-electron chi connectivity index (χ0n) is 21.8. The summed E-state index contributed by atoms with van der Waals surface area (Å²) in [5, 5.41) is 60.3. The summed E-state index contributed by atoms with van der Waals surface area (Å²) in [5.41, 5.74) is 0. The van der Waals surface area contributed by atoms with E-state index in [9.17, 15) is 30.6 Å². The summed E-state index contributed by atoms with van der Waals surface area (Å²) >= 11 is 0. The minimum Gasteiger partial charge on any atom is -0.394 e. The van der Waals surface area contributed by atoms with Crippen LogP contribution in [0, 0.1) is 0 Å².